The number of thioether (sulfide) groups is 1. The number of ether oxygens (including phenoxy) is 1. The zero-order valence-corrected chi connectivity index (χ0v) is 11.9. The Hall–Kier alpha value is -1.16. The molecule has 0 N–H and O–H groups in total. The maximum atomic E-state index is 11.9. The Morgan fingerprint density at radius 3 is 2.89 bits per heavy atom. The molecule has 0 aromatic heterocycles. The average molecular weight is 265 g/mol. The molecule has 1 aromatic rings. The largest absolute Gasteiger partial charge is 0.496 e. The lowest BCUT2D eigenvalue weighted by atomic mass is 10.1. The maximum Gasteiger partial charge on any atom is 0.165 e. The first kappa shape index (κ1) is 13.3. The normalized spacial score (nSPS) is 19.7. The highest BCUT2D eigenvalue weighted by molar-refractivity contribution is 7.99. The van der Waals surface area contributed by atoms with Gasteiger partial charge >= 0.3 is 0 Å². The van der Waals surface area contributed by atoms with Crippen molar-refractivity contribution in [2.24, 2.45) is 0 Å². The standard InChI is InChI=1S/C14H19NO2S/c1-10-9-18-8-7-15(10)12-5-4-6-13(17-3)14(12)11(2)16/h4-6,10H,7-9H2,1-3H3. The summed E-state index contributed by atoms with van der Waals surface area (Å²) in [4.78, 5) is 14.2. The quantitative estimate of drug-likeness (QED) is 0.786. The summed E-state index contributed by atoms with van der Waals surface area (Å²) in [6.45, 7) is 4.79. The first-order valence-corrected chi connectivity index (χ1v) is 7.33. The number of anilines is 1. The van der Waals surface area contributed by atoms with Gasteiger partial charge in [-0.25, -0.2) is 0 Å². The van der Waals surface area contributed by atoms with Crippen molar-refractivity contribution < 1.29 is 9.53 Å². The summed E-state index contributed by atoms with van der Waals surface area (Å²) < 4.78 is 5.32. The molecule has 2 rings (SSSR count). The fourth-order valence-corrected chi connectivity index (χ4v) is 3.38. The maximum absolute atomic E-state index is 11.9. The topological polar surface area (TPSA) is 29.5 Å². The van der Waals surface area contributed by atoms with E-state index in [0.717, 1.165) is 23.7 Å². The van der Waals surface area contributed by atoms with Crippen molar-refractivity contribution in [2.45, 2.75) is 19.9 Å². The molecule has 98 valence electrons. The van der Waals surface area contributed by atoms with Gasteiger partial charge in [-0.05, 0) is 26.0 Å². The lowest BCUT2D eigenvalue weighted by molar-refractivity contribution is 0.101. The monoisotopic (exact) mass is 265 g/mol. The number of carbonyl (C=O) groups excluding carboxylic acids is 1. The first-order chi connectivity index (χ1) is 8.65. The van der Waals surface area contributed by atoms with Crippen molar-refractivity contribution in [3.05, 3.63) is 23.8 Å². The van der Waals surface area contributed by atoms with Crippen LogP contribution < -0.4 is 9.64 Å². The smallest absolute Gasteiger partial charge is 0.165 e. The van der Waals surface area contributed by atoms with Crippen molar-refractivity contribution >= 4 is 23.2 Å². The molecule has 0 aliphatic carbocycles. The minimum absolute atomic E-state index is 0.0628. The minimum atomic E-state index is 0.0628. The Morgan fingerprint density at radius 1 is 1.50 bits per heavy atom. The highest BCUT2D eigenvalue weighted by atomic mass is 32.2. The SMILES string of the molecule is COc1cccc(N2CCSCC2C)c1C(C)=O. The van der Waals surface area contributed by atoms with Crippen LogP contribution >= 0.6 is 11.8 Å². The molecule has 3 nitrogen and oxygen atoms in total. The predicted molar refractivity (Wildman–Crippen MR) is 77.1 cm³/mol. The number of hydrogen-bond acceptors (Lipinski definition) is 4. The molecule has 1 heterocycles. The molecule has 0 bridgehead atoms. The van der Waals surface area contributed by atoms with Crippen molar-refractivity contribution in [1.82, 2.24) is 0 Å². The first-order valence-electron chi connectivity index (χ1n) is 6.17. The third kappa shape index (κ3) is 2.48. The number of methoxy groups -OCH3 is 1. The van der Waals surface area contributed by atoms with E-state index >= 15 is 0 Å². The Bertz CT molecular complexity index is 447. The third-order valence-corrected chi connectivity index (χ3v) is 4.44. The highest BCUT2D eigenvalue weighted by Crippen LogP contribution is 2.33. The second kappa shape index (κ2) is 5.65. The molecule has 1 aromatic carbocycles. The van der Waals surface area contributed by atoms with E-state index in [1.807, 2.05) is 30.0 Å². The van der Waals surface area contributed by atoms with Crippen LogP contribution in [0.4, 0.5) is 5.69 Å². The summed E-state index contributed by atoms with van der Waals surface area (Å²) in [5.74, 6) is 2.95. The van der Waals surface area contributed by atoms with Crippen LogP contribution in [0.25, 0.3) is 0 Å². The van der Waals surface area contributed by atoms with Crippen molar-refractivity contribution in [3.8, 4) is 5.75 Å². The Kier molecular flexibility index (Phi) is 4.17. The summed E-state index contributed by atoms with van der Waals surface area (Å²) in [5, 5.41) is 0. The van der Waals surface area contributed by atoms with E-state index in [9.17, 15) is 4.79 Å². The van der Waals surface area contributed by atoms with Crippen LogP contribution in [-0.4, -0.2) is 37.0 Å². The number of carbonyl (C=O) groups is 1. The Morgan fingerprint density at radius 2 is 2.28 bits per heavy atom. The van der Waals surface area contributed by atoms with Crippen molar-refractivity contribution in [2.75, 3.05) is 30.1 Å². The highest BCUT2D eigenvalue weighted by Gasteiger charge is 2.24. The fourth-order valence-electron chi connectivity index (χ4n) is 2.37. The van der Waals surface area contributed by atoms with Gasteiger partial charge in [-0.1, -0.05) is 6.07 Å². The molecule has 0 spiro atoms. The van der Waals surface area contributed by atoms with Gasteiger partial charge < -0.3 is 9.64 Å². The van der Waals surface area contributed by atoms with Crippen LogP contribution in [0.5, 0.6) is 5.75 Å². The van der Waals surface area contributed by atoms with Crippen LogP contribution in [-0.2, 0) is 0 Å². The molecule has 1 aliphatic rings. The second-order valence-electron chi connectivity index (χ2n) is 4.53. The third-order valence-electron chi connectivity index (χ3n) is 3.25. The molecule has 1 fully saturated rings. The molecule has 1 atom stereocenters. The average Bonchev–Trinajstić information content (AvgIpc) is 2.38. The summed E-state index contributed by atoms with van der Waals surface area (Å²) in [6, 6.07) is 6.28. The molecule has 1 aliphatic heterocycles. The van der Waals surface area contributed by atoms with Gasteiger partial charge in [0.25, 0.3) is 0 Å². The van der Waals surface area contributed by atoms with Gasteiger partial charge in [0.15, 0.2) is 5.78 Å². The molecular formula is C14H19NO2S. The summed E-state index contributed by atoms with van der Waals surface area (Å²) in [7, 11) is 1.61. The van der Waals surface area contributed by atoms with Gasteiger partial charge in [-0.15, -0.1) is 0 Å². The number of hydrogen-bond donors (Lipinski definition) is 0. The van der Waals surface area contributed by atoms with Gasteiger partial charge in [0.2, 0.25) is 0 Å². The van der Waals surface area contributed by atoms with E-state index in [1.54, 1.807) is 14.0 Å². The van der Waals surface area contributed by atoms with Crippen LogP contribution in [0.1, 0.15) is 24.2 Å². The van der Waals surface area contributed by atoms with E-state index in [0.29, 0.717) is 17.4 Å². The van der Waals surface area contributed by atoms with E-state index in [-0.39, 0.29) is 5.78 Å². The predicted octanol–water partition coefficient (Wildman–Crippen LogP) is 2.84. The van der Waals surface area contributed by atoms with Gasteiger partial charge in [-0.2, -0.15) is 11.8 Å². The van der Waals surface area contributed by atoms with E-state index in [2.05, 4.69) is 11.8 Å². The number of nitrogens with zero attached hydrogens (tertiary/aromatic N) is 1. The lowest BCUT2D eigenvalue weighted by Crippen LogP contribution is -2.41. The molecule has 0 saturated carbocycles. The Balaban J connectivity index is 2.45. The molecule has 4 heteroatoms. The molecule has 0 amide bonds. The van der Waals surface area contributed by atoms with E-state index < -0.39 is 0 Å². The zero-order valence-electron chi connectivity index (χ0n) is 11.1. The number of rotatable bonds is 3. The summed E-state index contributed by atoms with van der Waals surface area (Å²) >= 11 is 1.97. The number of benzene rings is 1. The lowest BCUT2D eigenvalue weighted by Gasteiger charge is -2.36. The van der Waals surface area contributed by atoms with Crippen LogP contribution in [0.15, 0.2) is 18.2 Å². The van der Waals surface area contributed by atoms with Gasteiger partial charge in [-0.3, -0.25) is 4.79 Å². The van der Waals surface area contributed by atoms with Gasteiger partial charge in [0.05, 0.1) is 18.4 Å². The summed E-state index contributed by atoms with van der Waals surface area (Å²) in [5.41, 5.74) is 1.72. The van der Waals surface area contributed by atoms with Crippen molar-refractivity contribution in [1.29, 1.82) is 0 Å². The van der Waals surface area contributed by atoms with Crippen LogP contribution in [0, 0.1) is 0 Å². The number of ketones is 1. The molecule has 1 unspecified atom stereocenters. The second-order valence-corrected chi connectivity index (χ2v) is 5.68. The zero-order chi connectivity index (χ0) is 13.1. The van der Waals surface area contributed by atoms with Gasteiger partial charge in [0.1, 0.15) is 5.75 Å². The molecular weight excluding hydrogens is 246 g/mol. The Labute approximate surface area is 113 Å². The molecule has 18 heavy (non-hydrogen) atoms. The van der Waals surface area contributed by atoms with Crippen molar-refractivity contribution in [3.63, 3.8) is 0 Å². The molecule has 1 saturated heterocycles. The molecule has 0 radical (unpaired) electrons. The van der Waals surface area contributed by atoms with Crippen LogP contribution in [0.3, 0.4) is 0 Å². The van der Waals surface area contributed by atoms with Crippen LogP contribution in [0.2, 0.25) is 0 Å². The summed E-state index contributed by atoms with van der Waals surface area (Å²) in [6.07, 6.45) is 0. The number of Topliss-reactive ketones (excluding diaryl/α,β-unsaturated/α-hetero) is 1. The fraction of sp³-hybridized carbons (Fsp3) is 0.500. The van der Waals surface area contributed by atoms with E-state index in [1.165, 1.54) is 0 Å². The van der Waals surface area contributed by atoms with E-state index in [4.69, 9.17) is 4.74 Å². The minimum Gasteiger partial charge on any atom is -0.496 e. The van der Waals surface area contributed by atoms with Gasteiger partial charge in [0, 0.05) is 24.1 Å².